The van der Waals surface area contributed by atoms with Gasteiger partial charge in [0.15, 0.2) is 0 Å². The number of amides is 1. The van der Waals surface area contributed by atoms with Gasteiger partial charge in [0.25, 0.3) is 0 Å². The number of anilines is 1. The summed E-state index contributed by atoms with van der Waals surface area (Å²) >= 11 is 1.73. The molecule has 1 saturated heterocycles. The first-order valence-electron chi connectivity index (χ1n) is 10.8. The lowest BCUT2D eigenvalue weighted by Gasteiger charge is -2.34. The Kier molecular flexibility index (Phi) is 6.80. The van der Waals surface area contributed by atoms with Crippen molar-refractivity contribution in [3.8, 4) is 0 Å². The van der Waals surface area contributed by atoms with Crippen LogP contribution >= 0.6 is 11.8 Å². The summed E-state index contributed by atoms with van der Waals surface area (Å²) in [5.41, 5.74) is -0.304. The highest BCUT2D eigenvalue weighted by atomic mass is 32.2. The predicted octanol–water partition coefficient (Wildman–Crippen LogP) is 5.02. The molecule has 1 fully saturated rings. The molecule has 33 heavy (non-hydrogen) atoms. The summed E-state index contributed by atoms with van der Waals surface area (Å²) in [5.74, 6) is -0.425. The Hall–Kier alpha value is -2.04. The molecule has 2 aliphatic heterocycles. The summed E-state index contributed by atoms with van der Waals surface area (Å²) in [6, 6.07) is 12.0. The highest BCUT2D eigenvalue weighted by molar-refractivity contribution is 8.00. The third-order valence-electron chi connectivity index (χ3n) is 6.12. The molecule has 4 rings (SSSR count). The maximum absolute atomic E-state index is 13.4. The Labute approximate surface area is 196 Å². The molecule has 0 aliphatic carbocycles. The number of sulfonamides is 1. The number of benzene rings is 2. The van der Waals surface area contributed by atoms with Crippen molar-refractivity contribution in [3.05, 3.63) is 54.1 Å². The number of rotatable bonds is 3. The number of nitrogens with zero attached hydrogens (tertiary/aromatic N) is 2. The molecule has 1 atom stereocenters. The molecule has 5 nitrogen and oxygen atoms in total. The van der Waals surface area contributed by atoms with Crippen LogP contribution in [0.3, 0.4) is 0 Å². The summed E-state index contributed by atoms with van der Waals surface area (Å²) in [6.07, 6.45) is -3.39. The molecule has 10 heteroatoms. The van der Waals surface area contributed by atoms with Gasteiger partial charge in [0.05, 0.1) is 16.1 Å². The van der Waals surface area contributed by atoms with Crippen LogP contribution in [0.2, 0.25) is 0 Å². The second-order valence-corrected chi connectivity index (χ2v) is 11.7. The zero-order valence-electron chi connectivity index (χ0n) is 18.1. The van der Waals surface area contributed by atoms with Gasteiger partial charge in [-0.3, -0.25) is 4.79 Å². The summed E-state index contributed by atoms with van der Waals surface area (Å²) in [4.78, 5) is 15.5. The number of alkyl halides is 3. The van der Waals surface area contributed by atoms with Crippen LogP contribution in [0.15, 0.2) is 58.3 Å². The second-order valence-electron chi connectivity index (χ2n) is 8.35. The van der Waals surface area contributed by atoms with Crippen molar-refractivity contribution in [2.75, 3.05) is 24.5 Å². The molecule has 2 aliphatic rings. The molecule has 0 N–H and O–H groups in total. The molecule has 0 aromatic heterocycles. The minimum atomic E-state index is -4.77. The van der Waals surface area contributed by atoms with Crippen LogP contribution in [-0.2, 0) is 21.0 Å². The van der Waals surface area contributed by atoms with Crippen LogP contribution < -0.4 is 4.90 Å². The average molecular weight is 499 g/mol. The molecule has 0 radical (unpaired) electrons. The van der Waals surface area contributed by atoms with E-state index >= 15 is 0 Å². The van der Waals surface area contributed by atoms with Crippen LogP contribution in [0, 0.1) is 5.92 Å². The van der Waals surface area contributed by atoms with Crippen molar-refractivity contribution in [2.45, 2.75) is 47.4 Å². The molecule has 178 valence electrons. The van der Waals surface area contributed by atoms with Crippen molar-refractivity contribution in [3.63, 3.8) is 0 Å². The van der Waals surface area contributed by atoms with Crippen molar-refractivity contribution in [1.29, 1.82) is 0 Å². The van der Waals surface area contributed by atoms with Crippen molar-refractivity contribution in [2.24, 2.45) is 5.92 Å². The number of hydrogen-bond acceptors (Lipinski definition) is 4. The van der Waals surface area contributed by atoms with Crippen LogP contribution in [0.25, 0.3) is 0 Å². The van der Waals surface area contributed by atoms with Gasteiger partial charge in [-0.2, -0.15) is 17.5 Å². The molecule has 2 heterocycles. The Morgan fingerprint density at radius 2 is 1.61 bits per heavy atom. The van der Waals surface area contributed by atoms with E-state index in [0.29, 0.717) is 11.8 Å². The Balaban J connectivity index is 1.50. The van der Waals surface area contributed by atoms with E-state index in [9.17, 15) is 26.4 Å². The van der Waals surface area contributed by atoms with E-state index < -0.39 is 26.7 Å². The van der Waals surface area contributed by atoms with E-state index in [1.807, 2.05) is 24.3 Å². The fourth-order valence-corrected chi connectivity index (χ4v) is 7.14. The van der Waals surface area contributed by atoms with E-state index in [1.165, 1.54) is 12.1 Å². The fraction of sp³-hybridized carbons (Fsp3) is 0.435. The predicted molar refractivity (Wildman–Crippen MR) is 122 cm³/mol. The number of thioether (sulfide) groups is 1. The summed E-state index contributed by atoms with van der Waals surface area (Å²) in [7, 11) is -4.33. The minimum Gasteiger partial charge on any atom is -0.311 e. The Bertz CT molecular complexity index is 1130. The number of carbonyl (C=O) groups is 1. The zero-order valence-corrected chi connectivity index (χ0v) is 19.7. The smallest absolute Gasteiger partial charge is 0.311 e. The molecule has 0 bridgehead atoms. The first-order chi connectivity index (χ1) is 15.6. The lowest BCUT2D eigenvalue weighted by atomic mass is 9.96. The number of halogens is 3. The summed E-state index contributed by atoms with van der Waals surface area (Å²) in [5, 5.41) is 0.365. The molecule has 0 spiro atoms. The van der Waals surface area contributed by atoms with Crippen molar-refractivity contribution >= 4 is 33.4 Å². The number of hydrogen-bond donors (Lipinski definition) is 0. The second kappa shape index (κ2) is 9.31. The average Bonchev–Trinajstić information content (AvgIpc) is 2.96. The third-order valence-corrected chi connectivity index (χ3v) is 9.32. The number of fused-ring (bicyclic) bond motifs is 1. The maximum atomic E-state index is 13.4. The summed E-state index contributed by atoms with van der Waals surface area (Å²) in [6.45, 7) is 2.72. The van der Waals surface area contributed by atoms with E-state index in [2.05, 4.69) is 6.92 Å². The third kappa shape index (κ3) is 4.93. The zero-order chi connectivity index (χ0) is 23.8. The Morgan fingerprint density at radius 3 is 2.30 bits per heavy atom. The van der Waals surface area contributed by atoms with Gasteiger partial charge in [-0.1, -0.05) is 31.2 Å². The van der Waals surface area contributed by atoms with Gasteiger partial charge in [0, 0.05) is 35.7 Å². The normalized spacial score (nSPS) is 20.8. The molecular formula is C23H25F3N2O3S2. The number of carbonyl (C=O) groups excluding carboxylic acids is 1. The fourth-order valence-electron chi connectivity index (χ4n) is 4.34. The molecule has 2 aromatic carbocycles. The topological polar surface area (TPSA) is 57.7 Å². The van der Waals surface area contributed by atoms with Gasteiger partial charge in [-0.25, -0.2) is 8.42 Å². The molecule has 1 amide bonds. The van der Waals surface area contributed by atoms with E-state index in [4.69, 9.17) is 0 Å². The van der Waals surface area contributed by atoms with Gasteiger partial charge in [-0.05, 0) is 43.5 Å². The molecule has 2 aromatic rings. The van der Waals surface area contributed by atoms with Crippen LogP contribution in [-0.4, -0.2) is 43.5 Å². The Morgan fingerprint density at radius 1 is 0.970 bits per heavy atom. The minimum absolute atomic E-state index is 0.00553. The van der Waals surface area contributed by atoms with Crippen LogP contribution in [0.5, 0.6) is 0 Å². The lowest BCUT2D eigenvalue weighted by molar-refractivity contribution is -0.139. The van der Waals surface area contributed by atoms with Gasteiger partial charge < -0.3 is 4.90 Å². The molecule has 0 saturated carbocycles. The van der Waals surface area contributed by atoms with E-state index in [0.717, 1.165) is 33.4 Å². The monoisotopic (exact) mass is 498 g/mol. The lowest BCUT2D eigenvalue weighted by Crippen LogP contribution is -2.45. The first-order valence-corrected chi connectivity index (χ1v) is 13.1. The van der Waals surface area contributed by atoms with E-state index in [-0.39, 0.29) is 37.8 Å². The van der Waals surface area contributed by atoms with Crippen molar-refractivity contribution < 1.29 is 26.4 Å². The largest absolute Gasteiger partial charge is 0.417 e. The highest BCUT2D eigenvalue weighted by Gasteiger charge is 2.41. The molecule has 1 unspecified atom stereocenters. The number of piperidine rings is 1. The standard InChI is InChI=1S/C23H25F3N2O3S2/c1-16-10-15-28(19-7-3-4-8-20(19)32-16)22(29)17-11-13-27(14-12-17)33(30,31)21-9-5-2-6-18(21)23(24,25)26/h2-9,16-17H,10-15H2,1H3. The highest BCUT2D eigenvalue weighted by Crippen LogP contribution is 2.39. The van der Waals surface area contributed by atoms with Gasteiger partial charge in [0.2, 0.25) is 15.9 Å². The quantitative estimate of drug-likeness (QED) is 0.596. The van der Waals surface area contributed by atoms with Crippen molar-refractivity contribution in [1.82, 2.24) is 4.31 Å². The maximum Gasteiger partial charge on any atom is 0.417 e. The summed E-state index contributed by atoms with van der Waals surface area (Å²) < 4.78 is 67.2. The SMILES string of the molecule is CC1CCN(C(=O)C2CCN(S(=O)(=O)c3ccccc3C(F)(F)F)CC2)c2ccccc2S1. The van der Waals surface area contributed by atoms with Crippen LogP contribution in [0.4, 0.5) is 18.9 Å². The van der Waals surface area contributed by atoms with Gasteiger partial charge in [-0.15, -0.1) is 11.8 Å². The van der Waals surface area contributed by atoms with Gasteiger partial charge >= 0.3 is 6.18 Å². The number of para-hydroxylation sites is 1. The van der Waals surface area contributed by atoms with E-state index in [1.54, 1.807) is 16.7 Å². The van der Waals surface area contributed by atoms with Crippen LogP contribution in [0.1, 0.15) is 31.7 Å². The first kappa shape index (κ1) is 24.1. The van der Waals surface area contributed by atoms with Gasteiger partial charge in [0.1, 0.15) is 0 Å². The molecular weight excluding hydrogens is 473 g/mol.